The Morgan fingerprint density at radius 3 is 2.35 bits per heavy atom. The zero-order valence-corrected chi connectivity index (χ0v) is 31.6. The Morgan fingerprint density at radius 1 is 0.842 bits per heavy atom. The number of aliphatic hydroxyl groups is 2. The topological polar surface area (TPSA) is 275 Å². The summed E-state index contributed by atoms with van der Waals surface area (Å²) in [5.74, 6) is -2.12. The molecule has 1 aliphatic rings. The molecule has 0 aliphatic carbocycles. The van der Waals surface area contributed by atoms with Gasteiger partial charge >= 0.3 is 11.7 Å². The molecule has 2 aromatic heterocycles. The van der Waals surface area contributed by atoms with E-state index in [4.69, 9.17) is 10.5 Å². The van der Waals surface area contributed by atoms with Crippen LogP contribution in [-0.2, 0) is 32.0 Å². The molecule has 1 fully saturated rings. The number of H-pyrrole nitrogens is 2. The summed E-state index contributed by atoms with van der Waals surface area (Å²) in [6.07, 6.45) is 1.11. The minimum atomic E-state index is -1.61. The van der Waals surface area contributed by atoms with Crippen LogP contribution in [0.15, 0.2) is 82.6 Å². The van der Waals surface area contributed by atoms with E-state index in [0.29, 0.717) is 6.54 Å². The number of rotatable bonds is 19. The Morgan fingerprint density at radius 2 is 1.60 bits per heavy atom. The number of carbonyl (C=O) groups excluding carboxylic acids is 4. The fourth-order valence-electron chi connectivity index (χ4n) is 6.55. The van der Waals surface area contributed by atoms with Gasteiger partial charge in [0.2, 0.25) is 17.7 Å². The smallest absolute Gasteiger partial charge is 0.330 e. The molecule has 57 heavy (non-hydrogen) atoms. The number of nitrogens with one attached hydrogen (secondary N) is 7. The van der Waals surface area contributed by atoms with Crippen LogP contribution in [0.3, 0.4) is 0 Å². The Balaban J connectivity index is 1.29. The molecule has 7 atom stereocenters. The van der Waals surface area contributed by atoms with Crippen molar-refractivity contribution in [1.29, 1.82) is 0 Å². The number of nitrogens with two attached hydrogens (primary N) is 1. The van der Waals surface area contributed by atoms with E-state index in [9.17, 15) is 39.0 Å². The molecule has 0 radical (unpaired) electrons. The van der Waals surface area contributed by atoms with Crippen molar-refractivity contribution >= 4 is 34.7 Å². The number of benzene rings is 2. The van der Waals surface area contributed by atoms with Crippen molar-refractivity contribution in [1.82, 2.24) is 41.1 Å². The highest BCUT2D eigenvalue weighted by molar-refractivity contribution is 5.93. The summed E-state index contributed by atoms with van der Waals surface area (Å²) in [5, 5.41) is 35.7. The maximum absolute atomic E-state index is 13.9. The van der Waals surface area contributed by atoms with Gasteiger partial charge < -0.3 is 52.3 Å². The summed E-state index contributed by atoms with van der Waals surface area (Å²) in [6, 6.07) is 13.4. The second-order valence-corrected chi connectivity index (χ2v) is 14.0. The summed E-state index contributed by atoms with van der Waals surface area (Å²) < 4.78 is 6.61. The second kappa shape index (κ2) is 20.4. The van der Waals surface area contributed by atoms with Gasteiger partial charge in [-0.05, 0) is 30.0 Å². The predicted molar refractivity (Wildman–Crippen MR) is 210 cm³/mol. The highest BCUT2D eigenvalue weighted by Gasteiger charge is 2.44. The van der Waals surface area contributed by atoms with Gasteiger partial charge in [-0.1, -0.05) is 74.7 Å². The summed E-state index contributed by atoms with van der Waals surface area (Å²) in [5.41, 5.74) is 7.17. The lowest BCUT2D eigenvalue weighted by atomic mass is 10.0. The van der Waals surface area contributed by atoms with Gasteiger partial charge in [-0.15, -0.1) is 0 Å². The van der Waals surface area contributed by atoms with Gasteiger partial charge in [0.05, 0.1) is 6.04 Å². The third-order valence-electron chi connectivity index (χ3n) is 9.73. The third kappa shape index (κ3) is 11.6. The van der Waals surface area contributed by atoms with Crippen molar-refractivity contribution in [3.05, 3.63) is 105 Å². The van der Waals surface area contributed by atoms with Crippen molar-refractivity contribution < 1.29 is 34.1 Å². The highest BCUT2D eigenvalue weighted by atomic mass is 16.6. The van der Waals surface area contributed by atoms with Gasteiger partial charge in [0, 0.05) is 55.4 Å². The van der Waals surface area contributed by atoms with Gasteiger partial charge in [-0.25, -0.2) is 9.59 Å². The molecule has 1 saturated heterocycles. The van der Waals surface area contributed by atoms with E-state index in [1.165, 1.54) is 0 Å². The predicted octanol–water partition coefficient (Wildman–Crippen LogP) is -0.585. The van der Waals surface area contributed by atoms with Crippen LogP contribution in [0.1, 0.15) is 50.0 Å². The molecular weight excluding hydrogens is 738 g/mol. The molecule has 0 saturated carbocycles. The number of nitrogens with zero attached hydrogens (tertiary/aromatic N) is 1. The largest absolute Gasteiger partial charge is 0.387 e. The first-order chi connectivity index (χ1) is 27.4. The molecule has 0 unspecified atom stereocenters. The number of hydrogen-bond donors (Lipinski definition) is 10. The first kappa shape index (κ1) is 42.3. The average Bonchev–Trinajstić information content (AvgIpc) is 3.73. The van der Waals surface area contributed by atoms with E-state index in [0.717, 1.165) is 64.5 Å². The van der Waals surface area contributed by atoms with Gasteiger partial charge in [-0.2, -0.15) is 0 Å². The van der Waals surface area contributed by atoms with E-state index in [-0.39, 0.29) is 12.8 Å². The molecule has 3 heterocycles. The monoisotopic (exact) mass is 789 g/mol. The number of carbonyl (C=O) groups is 4. The van der Waals surface area contributed by atoms with Crippen molar-refractivity contribution in [2.24, 2.45) is 5.73 Å². The molecule has 0 spiro atoms. The number of para-hydroxylation sites is 1. The first-order valence-corrected chi connectivity index (χ1v) is 19.0. The van der Waals surface area contributed by atoms with Crippen molar-refractivity contribution in [3.63, 3.8) is 0 Å². The summed E-state index contributed by atoms with van der Waals surface area (Å²) >= 11 is 0. The zero-order valence-electron chi connectivity index (χ0n) is 31.6. The fraction of sp³-hybridized carbons (Fsp3) is 0.436. The van der Waals surface area contributed by atoms with Crippen LogP contribution in [0.5, 0.6) is 0 Å². The number of ether oxygens (including phenoxy) is 1. The van der Waals surface area contributed by atoms with E-state index >= 15 is 0 Å². The Kier molecular flexibility index (Phi) is 15.1. The molecule has 18 heteroatoms. The molecule has 5 amide bonds. The second-order valence-electron chi connectivity index (χ2n) is 14.0. The van der Waals surface area contributed by atoms with Crippen LogP contribution in [0.25, 0.3) is 10.9 Å². The van der Waals surface area contributed by atoms with E-state index in [1.54, 1.807) is 30.5 Å². The van der Waals surface area contributed by atoms with Crippen molar-refractivity contribution in [2.75, 3.05) is 19.6 Å². The number of urea groups is 1. The van der Waals surface area contributed by atoms with E-state index in [1.807, 2.05) is 35.3 Å². The standard InChI is InChI=1S/C39H51N9O9/c1-2-3-4-10-16-41-38(55)46-28(18-23-11-6-5-7-12-23)36(54)45-29(21-43-34(52)26(40)19-24-20-42-27-14-9-8-13-25(24)27)35(53)44-22-30-32(50)33(51)37(57-30)48-17-15-31(49)47-39(48)56/h5-9,11-15,17,20,26,28-30,32-33,37,42,50-51H,2-4,10,16,18-19,21-22,40H2,1H3,(H,43,52)(H,44,53)(H,45,54)(H2,41,46,55)(H,47,49,56)/t26-,28-,29-,30+,32+,33+,37+/m0/s1. The van der Waals surface area contributed by atoms with Crippen LogP contribution in [-0.4, -0.2) is 105 Å². The van der Waals surface area contributed by atoms with Crippen molar-refractivity contribution in [3.8, 4) is 0 Å². The van der Waals surface area contributed by atoms with E-state index < -0.39 is 90.8 Å². The molecule has 2 aromatic carbocycles. The Hall–Kier alpha value is -5.82. The highest BCUT2D eigenvalue weighted by Crippen LogP contribution is 2.28. The van der Waals surface area contributed by atoms with Crippen LogP contribution in [0.2, 0.25) is 0 Å². The molecule has 1 aliphatic heterocycles. The summed E-state index contributed by atoms with van der Waals surface area (Å²) in [6.45, 7) is 1.68. The molecular formula is C39H51N9O9. The molecule has 18 nitrogen and oxygen atoms in total. The number of hydrogen-bond acceptors (Lipinski definition) is 10. The number of fused-ring (bicyclic) bond motifs is 1. The minimum absolute atomic E-state index is 0.0810. The molecule has 306 valence electrons. The average molecular weight is 790 g/mol. The number of aromatic nitrogens is 3. The van der Waals surface area contributed by atoms with Gasteiger partial charge in [-0.3, -0.25) is 28.7 Å². The number of amides is 5. The van der Waals surface area contributed by atoms with Gasteiger partial charge in [0.1, 0.15) is 30.4 Å². The number of aliphatic hydroxyl groups excluding tert-OH is 2. The lowest BCUT2D eigenvalue weighted by Gasteiger charge is -2.25. The van der Waals surface area contributed by atoms with E-state index in [2.05, 4.69) is 38.5 Å². The molecule has 5 rings (SSSR count). The quantitative estimate of drug-likeness (QED) is 0.0540. The molecule has 0 bridgehead atoms. The third-order valence-corrected chi connectivity index (χ3v) is 9.73. The number of unbranched alkanes of at least 4 members (excludes halogenated alkanes) is 3. The number of aromatic amines is 2. The van der Waals surface area contributed by atoms with Crippen LogP contribution < -0.4 is 43.6 Å². The lowest BCUT2D eigenvalue weighted by molar-refractivity contribution is -0.131. The summed E-state index contributed by atoms with van der Waals surface area (Å²) in [4.78, 5) is 83.0. The van der Waals surface area contributed by atoms with Crippen LogP contribution in [0, 0.1) is 0 Å². The molecule has 11 N–H and O–H groups in total. The van der Waals surface area contributed by atoms with Crippen LogP contribution in [0.4, 0.5) is 4.79 Å². The normalized spacial score (nSPS) is 19.3. The summed E-state index contributed by atoms with van der Waals surface area (Å²) in [7, 11) is 0. The minimum Gasteiger partial charge on any atom is -0.387 e. The fourth-order valence-corrected chi connectivity index (χ4v) is 6.55. The Bertz CT molecular complexity index is 2090. The van der Waals surface area contributed by atoms with Crippen molar-refractivity contribution in [2.45, 2.75) is 88.1 Å². The molecule has 4 aromatic rings. The lowest BCUT2D eigenvalue weighted by Crippen LogP contribution is -2.59. The van der Waals surface area contributed by atoms with Gasteiger partial charge in [0.25, 0.3) is 5.56 Å². The van der Waals surface area contributed by atoms with Gasteiger partial charge in [0.15, 0.2) is 6.23 Å². The maximum Gasteiger partial charge on any atom is 0.330 e. The Labute approximate surface area is 328 Å². The maximum atomic E-state index is 13.9. The zero-order chi connectivity index (χ0) is 40.9. The first-order valence-electron chi connectivity index (χ1n) is 19.0. The van der Waals surface area contributed by atoms with Crippen LogP contribution >= 0.6 is 0 Å². The SMILES string of the molecule is CCCCCCNC(=O)N[C@@H](Cc1ccccc1)C(=O)N[C@@H](CNC(=O)[C@@H](N)Cc1c[nH]c2ccccc12)C(=O)NC[C@H]1O[C@@H](n2ccc(=O)[nH]c2=O)[C@H](O)[C@@H]1O.